The maximum absolute atomic E-state index is 11.4. The van der Waals surface area contributed by atoms with Crippen LogP contribution in [0, 0.1) is 0 Å². The molecule has 1 atom stereocenters. The molecule has 0 saturated carbocycles. The molecule has 1 aliphatic heterocycles. The highest BCUT2D eigenvalue weighted by molar-refractivity contribution is 5.94. The minimum absolute atomic E-state index is 0.120. The Bertz CT molecular complexity index is 458. The van der Waals surface area contributed by atoms with Crippen LogP contribution in [0.25, 0.3) is 0 Å². The fourth-order valence-corrected chi connectivity index (χ4v) is 2.55. The van der Waals surface area contributed by atoms with Crippen LogP contribution in [0.1, 0.15) is 31.7 Å². The van der Waals surface area contributed by atoms with E-state index in [4.69, 9.17) is 4.74 Å². The summed E-state index contributed by atoms with van der Waals surface area (Å²) in [6.07, 6.45) is 2.05. The molecular formula is C16H21NO3. The molecule has 1 unspecified atom stereocenters. The summed E-state index contributed by atoms with van der Waals surface area (Å²) >= 11 is 0. The standard InChI is InChI=1S/C16H21NO3/c1-13(18)10-16(19)20-12-15-8-5-9-17(15)11-14-6-3-2-4-7-14/h2-4,6-7,15H,5,8-12H2,1H3. The van der Waals surface area contributed by atoms with E-state index < -0.39 is 5.97 Å². The average Bonchev–Trinajstić information content (AvgIpc) is 2.84. The molecule has 1 aromatic carbocycles. The molecule has 0 amide bonds. The lowest BCUT2D eigenvalue weighted by Crippen LogP contribution is -2.33. The summed E-state index contributed by atoms with van der Waals surface area (Å²) in [4.78, 5) is 24.6. The summed E-state index contributed by atoms with van der Waals surface area (Å²) in [6.45, 7) is 3.71. The van der Waals surface area contributed by atoms with Crippen LogP contribution in [-0.4, -0.2) is 35.8 Å². The minimum atomic E-state index is -0.413. The van der Waals surface area contributed by atoms with Gasteiger partial charge in [-0.1, -0.05) is 30.3 Å². The van der Waals surface area contributed by atoms with Gasteiger partial charge in [0, 0.05) is 12.6 Å². The normalized spacial score (nSPS) is 18.9. The fourth-order valence-electron chi connectivity index (χ4n) is 2.55. The van der Waals surface area contributed by atoms with Crippen LogP contribution < -0.4 is 0 Å². The SMILES string of the molecule is CC(=O)CC(=O)OCC1CCCN1Cc1ccccc1. The second kappa shape index (κ2) is 7.20. The Morgan fingerprint density at radius 3 is 2.75 bits per heavy atom. The number of rotatable bonds is 6. The van der Waals surface area contributed by atoms with Gasteiger partial charge in [0.05, 0.1) is 0 Å². The lowest BCUT2D eigenvalue weighted by Gasteiger charge is -2.24. The van der Waals surface area contributed by atoms with Crippen molar-refractivity contribution in [3.05, 3.63) is 35.9 Å². The number of carbonyl (C=O) groups is 2. The number of benzene rings is 1. The van der Waals surface area contributed by atoms with Gasteiger partial charge in [-0.3, -0.25) is 14.5 Å². The quantitative estimate of drug-likeness (QED) is 0.589. The number of Topliss-reactive ketones (excluding diaryl/α,β-unsaturated/α-hetero) is 1. The van der Waals surface area contributed by atoms with E-state index in [9.17, 15) is 9.59 Å². The van der Waals surface area contributed by atoms with Crippen molar-refractivity contribution in [2.45, 2.75) is 38.8 Å². The number of ether oxygens (including phenoxy) is 1. The topological polar surface area (TPSA) is 46.6 Å². The average molecular weight is 275 g/mol. The Balaban J connectivity index is 1.82. The highest BCUT2D eigenvalue weighted by Crippen LogP contribution is 2.20. The molecule has 0 spiro atoms. The lowest BCUT2D eigenvalue weighted by molar-refractivity contribution is -0.147. The third-order valence-electron chi connectivity index (χ3n) is 3.56. The smallest absolute Gasteiger partial charge is 0.313 e. The molecule has 4 heteroatoms. The van der Waals surface area contributed by atoms with Gasteiger partial charge in [0.25, 0.3) is 0 Å². The number of hydrogen-bond acceptors (Lipinski definition) is 4. The molecule has 20 heavy (non-hydrogen) atoms. The Labute approximate surface area is 119 Å². The lowest BCUT2D eigenvalue weighted by atomic mass is 10.2. The molecule has 1 fully saturated rings. The zero-order valence-corrected chi connectivity index (χ0v) is 11.9. The van der Waals surface area contributed by atoms with E-state index >= 15 is 0 Å². The zero-order valence-electron chi connectivity index (χ0n) is 11.9. The molecule has 0 N–H and O–H groups in total. The zero-order chi connectivity index (χ0) is 14.4. The fraction of sp³-hybridized carbons (Fsp3) is 0.500. The van der Waals surface area contributed by atoms with Gasteiger partial charge in [0.1, 0.15) is 18.8 Å². The van der Waals surface area contributed by atoms with Gasteiger partial charge in [-0.05, 0) is 31.9 Å². The van der Waals surface area contributed by atoms with Crippen molar-refractivity contribution in [2.24, 2.45) is 0 Å². The van der Waals surface area contributed by atoms with Gasteiger partial charge in [0.15, 0.2) is 0 Å². The third kappa shape index (κ3) is 4.46. The van der Waals surface area contributed by atoms with Gasteiger partial charge in [-0.15, -0.1) is 0 Å². The summed E-state index contributed by atoms with van der Waals surface area (Å²) < 4.78 is 5.20. The van der Waals surface area contributed by atoms with Crippen LogP contribution in [0.3, 0.4) is 0 Å². The predicted octanol–water partition coefficient (Wildman–Crippen LogP) is 2.17. The van der Waals surface area contributed by atoms with Crippen molar-refractivity contribution in [1.82, 2.24) is 4.90 Å². The molecule has 0 aliphatic carbocycles. The summed E-state index contributed by atoms with van der Waals surface area (Å²) in [5.74, 6) is -0.563. The van der Waals surface area contributed by atoms with Crippen molar-refractivity contribution in [2.75, 3.05) is 13.2 Å². The third-order valence-corrected chi connectivity index (χ3v) is 3.56. The molecule has 1 aromatic rings. The first-order valence-electron chi connectivity index (χ1n) is 7.08. The highest BCUT2D eigenvalue weighted by Gasteiger charge is 2.25. The van der Waals surface area contributed by atoms with Crippen LogP contribution in [0.15, 0.2) is 30.3 Å². The summed E-state index contributed by atoms with van der Waals surface area (Å²) in [6, 6.07) is 10.6. The maximum Gasteiger partial charge on any atom is 0.313 e. The van der Waals surface area contributed by atoms with Gasteiger partial charge >= 0.3 is 5.97 Å². The number of ketones is 1. The van der Waals surface area contributed by atoms with Crippen molar-refractivity contribution < 1.29 is 14.3 Å². The largest absolute Gasteiger partial charge is 0.464 e. The van der Waals surface area contributed by atoms with Gasteiger partial charge in [-0.25, -0.2) is 0 Å². The van der Waals surface area contributed by atoms with Crippen molar-refractivity contribution in [3.8, 4) is 0 Å². The second-order valence-electron chi connectivity index (χ2n) is 5.31. The van der Waals surface area contributed by atoms with E-state index in [-0.39, 0.29) is 18.2 Å². The molecule has 0 aromatic heterocycles. The van der Waals surface area contributed by atoms with E-state index in [2.05, 4.69) is 17.0 Å². The molecular weight excluding hydrogens is 254 g/mol. The molecule has 1 saturated heterocycles. The van der Waals surface area contributed by atoms with E-state index in [0.717, 1.165) is 25.9 Å². The van der Waals surface area contributed by atoms with Crippen LogP contribution in [0.4, 0.5) is 0 Å². The predicted molar refractivity (Wildman–Crippen MR) is 76.1 cm³/mol. The van der Waals surface area contributed by atoms with E-state index in [1.54, 1.807) is 0 Å². The molecule has 1 aliphatic rings. The maximum atomic E-state index is 11.4. The molecule has 0 bridgehead atoms. The van der Waals surface area contributed by atoms with E-state index in [1.807, 2.05) is 18.2 Å². The Kier molecular flexibility index (Phi) is 5.30. The van der Waals surface area contributed by atoms with Crippen LogP contribution in [-0.2, 0) is 20.9 Å². The molecule has 4 nitrogen and oxygen atoms in total. The number of nitrogens with zero attached hydrogens (tertiary/aromatic N) is 1. The number of carbonyl (C=O) groups excluding carboxylic acids is 2. The van der Waals surface area contributed by atoms with Gasteiger partial charge < -0.3 is 4.74 Å². The first-order chi connectivity index (χ1) is 9.65. The molecule has 2 rings (SSSR count). The minimum Gasteiger partial charge on any atom is -0.464 e. The Hall–Kier alpha value is -1.68. The first-order valence-corrected chi connectivity index (χ1v) is 7.08. The molecule has 1 heterocycles. The second-order valence-corrected chi connectivity index (χ2v) is 5.31. The van der Waals surface area contributed by atoms with Gasteiger partial charge in [0.2, 0.25) is 0 Å². The van der Waals surface area contributed by atoms with Crippen LogP contribution in [0.2, 0.25) is 0 Å². The van der Waals surface area contributed by atoms with Crippen LogP contribution in [0.5, 0.6) is 0 Å². The monoisotopic (exact) mass is 275 g/mol. The van der Waals surface area contributed by atoms with Gasteiger partial charge in [-0.2, -0.15) is 0 Å². The van der Waals surface area contributed by atoms with Crippen molar-refractivity contribution in [1.29, 1.82) is 0 Å². The number of likely N-dealkylation sites (tertiary alicyclic amines) is 1. The molecule has 108 valence electrons. The summed E-state index contributed by atoms with van der Waals surface area (Å²) in [5.41, 5.74) is 1.27. The number of hydrogen-bond donors (Lipinski definition) is 0. The summed E-state index contributed by atoms with van der Waals surface area (Å²) in [7, 11) is 0. The van der Waals surface area contributed by atoms with Crippen LogP contribution >= 0.6 is 0 Å². The highest BCUT2D eigenvalue weighted by atomic mass is 16.5. The van der Waals surface area contributed by atoms with E-state index in [0.29, 0.717) is 6.61 Å². The van der Waals surface area contributed by atoms with Crippen molar-refractivity contribution in [3.63, 3.8) is 0 Å². The first kappa shape index (κ1) is 14.7. The summed E-state index contributed by atoms with van der Waals surface area (Å²) in [5, 5.41) is 0. The van der Waals surface area contributed by atoms with Crippen molar-refractivity contribution >= 4 is 11.8 Å². The Morgan fingerprint density at radius 1 is 1.30 bits per heavy atom. The number of esters is 1. The molecule has 0 radical (unpaired) electrons. The van der Waals surface area contributed by atoms with E-state index in [1.165, 1.54) is 12.5 Å². The Morgan fingerprint density at radius 2 is 2.05 bits per heavy atom.